The molecule has 46 heavy (non-hydrogen) atoms. The van der Waals surface area contributed by atoms with Gasteiger partial charge in [0, 0.05) is 30.8 Å². The summed E-state index contributed by atoms with van der Waals surface area (Å²) in [5.41, 5.74) is -1.63. The SMILES string of the molecule is CNC(=O)[C@@](C)(C(=O)COCOP(=O)(OC(C)(C)C)OC(C)(C)C)N(C)C(=O)c1ccc(C#Cc2ccc([C@H](O)CO)cc2)cc1. The minimum Gasteiger partial charge on any atom is -0.393 e. The molecule has 0 fully saturated rings. The van der Waals surface area contributed by atoms with Gasteiger partial charge in [-0.25, -0.2) is 4.57 Å². The highest BCUT2D eigenvalue weighted by atomic mass is 31.2. The lowest BCUT2D eigenvalue weighted by molar-refractivity contribution is -0.146. The third-order valence-corrected chi connectivity index (χ3v) is 8.40. The standard InChI is InChI=1S/C33H45N2O10P/c1-31(2,3)44-46(41,45-32(4,5)6)43-22-42-21-28(38)33(7,30(40)34-8)35(9)29(39)26-18-14-24(15-19-26)11-10-23-12-16-25(17-13-23)27(37)20-36/h12-19,27,36-37H,20-22H2,1-9H3,(H,34,40)/t27-,33-/m1/s1. The van der Waals surface area contributed by atoms with Crippen molar-refractivity contribution >= 4 is 25.4 Å². The summed E-state index contributed by atoms with van der Waals surface area (Å²) in [6.45, 7) is 9.69. The van der Waals surface area contributed by atoms with Crippen molar-refractivity contribution in [2.45, 2.75) is 71.3 Å². The Morgan fingerprint density at radius 2 is 1.37 bits per heavy atom. The highest BCUT2D eigenvalue weighted by Gasteiger charge is 2.46. The number of phosphoric acid groups is 1. The maximum Gasteiger partial charge on any atom is 0.477 e. The first-order chi connectivity index (χ1) is 21.2. The molecule has 0 aliphatic heterocycles. The molecule has 2 atom stereocenters. The number of carbonyl (C=O) groups is 3. The number of amides is 2. The van der Waals surface area contributed by atoms with E-state index < -0.39 is 61.7 Å². The molecule has 0 aliphatic carbocycles. The quantitative estimate of drug-likeness (QED) is 0.0943. The van der Waals surface area contributed by atoms with Gasteiger partial charge in [0.25, 0.3) is 11.8 Å². The van der Waals surface area contributed by atoms with E-state index in [1.807, 2.05) is 0 Å². The number of aliphatic hydroxyl groups is 2. The van der Waals surface area contributed by atoms with Gasteiger partial charge in [-0.15, -0.1) is 0 Å². The van der Waals surface area contributed by atoms with Crippen molar-refractivity contribution < 1.29 is 47.5 Å². The van der Waals surface area contributed by atoms with Crippen molar-refractivity contribution in [1.29, 1.82) is 0 Å². The third-order valence-electron chi connectivity index (χ3n) is 6.44. The fraction of sp³-hybridized carbons (Fsp3) is 0.485. The number of ether oxygens (including phenoxy) is 1. The Morgan fingerprint density at radius 3 is 1.80 bits per heavy atom. The minimum atomic E-state index is -4.10. The van der Waals surface area contributed by atoms with Gasteiger partial charge in [0.05, 0.1) is 17.8 Å². The maximum atomic E-state index is 13.4. The van der Waals surface area contributed by atoms with Gasteiger partial charge in [0.15, 0.2) is 18.1 Å². The molecule has 0 aliphatic rings. The largest absolute Gasteiger partial charge is 0.477 e. The van der Waals surface area contributed by atoms with E-state index >= 15 is 0 Å². The summed E-state index contributed by atoms with van der Waals surface area (Å²) >= 11 is 0. The fourth-order valence-electron chi connectivity index (χ4n) is 3.96. The first-order valence-electron chi connectivity index (χ1n) is 14.5. The summed E-state index contributed by atoms with van der Waals surface area (Å²) in [4.78, 5) is 40.8. The van der Waals surface area contributed by atoms with E-state index in [-0.39, 0.29) is 12.2 Å². The highest BCUT2D eigenvalue weighted by molar-refractivity contribution is 7.48. The van der Waals surface area contributed by atoms with Crippen LogP contribution in [0.4, 0.5) is 0 Å². The van der Waals surface area contributed by atoms with Gasteiger partial charge < -0.3 is 25.2 Å². The monoisotopic (exact) mass is 660 g/mol. The van der Waals surface area contributed by atoms with Crippen molar-refractivity contribution in [3.63, 3.8) is 0 Å². The van der Waals surface area contributed by atoms with Gasteiger partial charge in [-0.3, -0.25) is 28.0 Å². The van der Waals surface area contributed by atoms with E-state index in [1.165, 1.54) is 33.2 Å². The zero-order valence-electron chi connectivity index (χ0n) is 27.9. The molecule has 2 aromatic rings. The molecule has 0 unspecified atom stereocenters. The van der Waals surface area contributed by atoms with Gasteiger partial charge in [-0.05, 0) is 90.4 Å². The summed E-state index contributed by atoms with van der Waals surface area (Å²) < 4.78 is 34.9. The molecule has 0 saturated carbocycles. The van der Waals surface area contributed by atoms with Crippen LogP contribution in [0.1, 0.15) is 81.6 Å². The van der Waals surface area contributed by atoms with Gasteiger partial charge in [0.1, 0.15) is 12.7 Å². The fourth-order valence-corrected chi connectivity index (χ4v) is 5.65. The maximum absolute atomic E-state index is 13.4. The average molecular weight is 661 g/mol. The van der Waals surface area contributed by atoms with E-state index in [0.29, 0.717) is 16.7 Å². The number of hydrogen-bond donors (Lipinski definition) is 3. The first kappa shape index (κ1) is 38.8. The summed E-state index contributed by atoms with van der Waals surface area (Å²) in [5, 5.41) is 21.2. The van der Waals surface area contributed by atoms with Crippen LogP contribution in [0.25, 0.3) is 0 Å². The smallest absolute Gasteiger partial charge is 0.393 e. The molecular formula is C33H45N2O10P. The van der Waals surface area contributed by atoms with Crippen LogP contribution in [-0.4, -0.2) is 83.6 Å². The third kappa shape index (κ3) is 11.1. The predicted octanol–water partition coefficient (Wildman–Crippen LogP) is 3.99. The summed E-state index contributed by atoms with van der Waals surface area (Å²) in [5.74, 6) is 3.88. The van der Waals surface area contributed by atoms with Crippen LogP contribution >= 0.6 is 7.82 Å². The Bertz CT molecular complexity index is 1450. The first-order valence-corrected chi connectivity index (χ1v) is 16.0. The highest BCUT2D eigenvalue weighted by Crippen LogP contribution is 2.55. The molecular weight excluding hydrogens is 615 g/mol. The topological polar surface area (TPSA) is 161 Å². The van der Waals surface area contributed by atoms with E-state index in [0.717, 1.165) is 4.90 Å². The Morgan fingerprint density at radius 1 is 0.891 bits per heavy atom. The molecule has 0 heterocycles. The van der Waals surface area contributed by atoms with Gasteiger partial charge in [-0.1, -0.05) is 24.0 Å². The molecule has 3 N–H and O–H groups in total. The van der Waals surface area contributed by atoms with Gasteiger partial charge >= 0.3 is 7.82 Å². The van der Waals surface area contributed by atoms with Crippen molar-refractivity contribution in [3.05, 3.63) is 70.8 Å². The summed E-state index contributed by atoms with van der Waals surface area (Å²) in [7, 11) is -1.43. The molecule has 0 bridgehead atoms. The van der Waals surface area contributed by atoms with Gasteiger partial charge in [-0.2, -0.15) is 0 Å². The van der Waals surface area contributed by atoms with Crippen molar-refractivity contribution in [3.8, 4) is 11.8 Å². The predicted molar refractivity (Wildman–Crippen MR) is 172 cm³/mol. The van der Waals surface area contributed by atoms with Crippen LogP contribution < -0.4 is 5.32 Å². The van der Waals surface area contributed by atoms with Crippen molar-refractivity contribution in [2.75, 3.05) is 34.1 Å². The van der Waals surface area contributed by atoms with Crippen LogP contribution in [0.5, 0.6) is 0 Å². The van der Waals surface area contributed by atoms with Crippen LogP contribution in [0.15, 0.2) is 48.5 Å². The number of nitrogens with one attached hydrogen (secondary N) is 1. The second kappa shape index (κ2) is 15.9. The Labute approximate surface area is 271 Å². The van der Waals surface area contributed by atoms with E-state index in [2.05, 4.69) is 17.2 Å². The normalized spacial score (nSPS) is 14.0. The number of hydrogen-bond acceptors (Lipinski definition) is 10. The van der Waals surface area contributed by atoms with Crippen LogP contribution in [0.3, 0.4) is 0 Å². The van der Waals surface area contributed by atoms with E-state index in [9.17, 15) is 24.1 Å². The van der Waals surface area contributed by atoms with E-state index in [4.69, 9.17) is 23.4 Å². The minimum absolute atomic E-state index is 0.210. The Kier molecular flexibility index (Phi) is 13.4. The number of Topliss-reactive ketones (excluding diaryl/α,β-unsaturated/α-hetero) is 1. The molecule has 0 radical (unpaired) electrons. The lowest BCUT2D eigenvalue weighted by atomic mass is 9.92. The molecule has 252 valence electrons. The number of likely N-dealkylation sites (N-methyl/N-ethyl adjacent to an activating group) is 2. The van der Waals surface area contributed by atoms with Gasteiger partial charge in [0.2, 0.25) is 0 Å². The van der Waals surface area contributed by atoms with Crippen LogP contribution in [-0.2, 0) is 32.5 Å². The second-order valence-electron chi connectivity index (χ2n) is 12.5. The molecule has 2 amide bonds. The zero-order valence-corrected chi connectivity index (χ0v) is 28.8. The number of ketones is 1. The molecule has 0 aromatic heterocycles. The average Bonchev–Trinajstić information content (AvgIpc) is 2.98. The lowest BCUT2D eigenvalue weighted by Crippen LogP contribution is -2.62. The molecule has 13 heteroatoms. The molecule has 2 aromatic carbocycles. The number of nitrogens with zero attached hydrogens (tertiary/aromatic N) is 1. The summed E-state index contributed by atoms with van der Waals surface area (Å²) in [6.07, 6.45) is -0.959. The number of rotatable bonds is 13. The number of phosphoric ester groups is 1. The van der Waals surface area contributed by atoms with Crippen molar-refractivity contribution in [2.24, 2.45) is 0 Å². The lowest BCUT2D eigenvalue weighted by Gasteiger charge is -2.35. The molecule has 0 spiro atoms. The Balaban J connectivity index is 2.14. The van der Waals surface area contributed by atoms with Crippen molar-refractivity contribution in [1.82, 2.24) is 10.2 Å². The molecule has 2 rings (SSSR count). The number of aliphatic hydroxyl groups excluding tert-OH is 2. The molecule has 0 saturated heterocycles. The Hall–Kier alpha value is -3.40. The summed E-state index contributed by atoms with van der Waals surface area (Å²) in [6, 6.07) is 13.1. The number of benzene rings is 2. The molecule has 12 nitrogen and oxygen atoms in total. The van der Waals surface area contributed by atoms with Crippen LogP contribution in [0.2, 0.25) is 0 Å². The van der Waals surface area contributed by atoms with Crippen LogP contribution in [0, 0.1) is 11.8 Å². The van der Waals surface area contributed by atoms with E-state index in [1.54, 1.807) is 77.9 Å². The number of carbonyl (C=O) groups excluding carboxylic acids is 3. The zero-order chi connectivity index (χ0) is 34.9. The second-order valence-corrected chi connectivity index (χ2v) is 14.1.